The van der Waals surface area contributed by atoms with Crippen LogP contribution in [0.1, 0.15) is 18.9 Å². The Hall–Kier alpha value is -2.62. The fraction of sp³-hybridized carbons (Fsp3) is 0.550. The van der Waals surface area contributed by atoms with E-state index in [1.807, 2.05) is 11.0 Å². The van der Waals surface area contributed by atoms with Crippen molar-refractivity contribution >= 4 is 11.8 Å². The zero-order valence-corrected chi connectivity index (χ0v) is 16.5. The van der Waals surface area contributed by atoms with Gasteiger partial charge in [0.25, 0.3) is 5.56 Å². The van der Waals surface area contributed by atoms with Crippen LogP contribution in [0.25, 0.3) is 0 Å². The van der Waals surface area contributed by atoms with Gasteiger partial charge in [-0.15, -0.1) is 0 Å². The van der Waals surface area contributed by atoms with Gasteiger partial charge in [0.05, 0.1) is 25.3 Å². The van der Waals surface area contributed by atoms with Crippen molar-refractivity contribution in [1.29, 1.82) is 0 Å². The molecule has 7 nitrogen and oxygen atoms in total. The van der Waals surface area contributed by atoms with Crippen LogP contribution in [0, 0.1) is 0 Å². The maximum Gasteiger partial charge on any atom is 0.413 e. The highest BCUT2D eigenvalue weighted by Gasteiger charge is 2.59. The molecule has 160 valence electrons. The normalized spacial score (nSPS) is 27.7. The summed E-state index contributed by atoms with van der Waals surface area (Å²) in [4.78, 5) is 24.6. The Morgan fingerprint density at radius 3 is 2.83 bits per heavy atom. The molecule has 5 rings (SSSR count). The summed E-state index contributed by atoms with van der Waals surface area (Å²) in [5.41, 5.74) is -1.84. The minimum atomic E-state index is -4.53. The van der Waals surface area contributed by atoms with Crippen molar-refractivity contribution in [2.75, 3.05) is 29.5 Å². The first kappa shape index (κ1) is 19.3. The minimum Gasteiger partial charge on any atom is -0.374 e. The monoisotopic (exact) mass is 421 g/mol. The quantitative estimate of drug-likeness (QED) is 0.753. The first-order valence-corrected chi connectivity index (χ1v) is 10.00. The molecule has 0 saturated carbocycles. The maximum atomic E-state index is 14.1. The molecular formula is C20H22F3N5O2. The number of morpholine rings is 1. The summed E-state index contributed by atoms with van der Waals surface area (Å²) in [6.45, 7) is 1.89. The molecule has 10 heteroatoms. The summed E-state index contributed by atoms with van der Waals surface area (Å²) in [5.74, 6) is 0.504. The first-order valence-electron chi connectivity index (χ1n) is 10.00. The Morgan fingerprint density at radius 1 is 1.37 bits per heavy atom. The van der Waals surface area contributed by atoms with Crippen molar-refractivity contribution in [2.45, 2.75) is 50.2 Å². The van der Waals surface area contributed by atoms with Crippen molar-refractivity contribution in [1.82, 2.24) is 14.5 Å². The van der Waals surface area contributed by atoms with E-state index in [1.165, 1.54) is 11.0 Å². The Labute approximate surface area is 171 Å². The van der Waals surface area contributed by atoms with Crippen molar-refractivity contribution < 1.29 is 17.9 Å². The van der Waals surface area contributed by atoms with Gasteiger partial charge >= 0.3 is 6.18 Å². The Morgan fingerprint density at radius 2 is 2.20 bits per heavy atom. The second-order valence-electron chi connectivity index (χ2n) is 8.37. The van der Waals surface area contributed by atoms with Crippen LogP contribution in [0.2, 0.25) is 0 Å². The summed E-state index contributed by atoms with van der Waals surface area (Å²) >= 11 is 0. The summed E-state index contributed by atoms with van der Waals surface area (Å²) in [5, 5.41) is 0. The number of pyridine rings is 1. The number of aromatic nitrogens is 3. The molecule has 3 atom stereocenters. The molecule has 1 unspecified atom stereocenters. The molecule has 2 bridgehead atoms. The highest BCUT2D eigenvalue weighted by molar-refractivity contribution is 5.51. The van der Waals surface area contributed by atoms with E-state index in [-0.39, 0.29) is 24.6 Å². The SMILES string of the molecule is CC1(C(F)(F)F)Cn2c(nc(N3C[C@@H]4C[C@H]3CO4)cc2=O)N1CCc1cccnc1. The Kier molecular flexibility index (Phi) is 4.32. The average Bonchev–Trinajstić information content (AvgIpc) is 3.40. The van der Waals surface area contributed by atoms with E-state index in [4.69, 9.17) is 4.74 Å². The molecule has 0 radical (unpaired) electrons. The van der Waals surface area contributed by atoms with Crippen LogP contribution >= 0.6 is 0 Å². The number of nitrogens with zero attached hydrogens (tertiary/aromatic N) is 5. The van der Waals surface area contributed by atoms with E-state index in [0.717, 1.165) is 23.5 Å². The number of hydrogen-bond acceptors (Lipinski definition) is 6. The minimum absolute atomic E-state index is 0.0740. The fourth-order valence-corrected chi connectivity index (χ4v) is 4.65. The van der Waals surface area contributed by atoms with Gasteiger partial charge in [-0.25, -0.2) is 0 Å². The lowest BCUT2D eigenvalue weighted by molar-refractivity contribution is -0.182. The maximum absolute atomic E-state index is 14.1. The number of hydrogen-bond donors (Lipinski definition) is 0. The number of rotatable bonds is 4. The van der Waals surface area contributed by atoms with Gasteiger partial charge in [0, 0.05) is 31.5 Å². The molecule has 0 N–H and O–H groups in total. The molecule has 0 aliphatic carbocycles. The molecule has 2 aromatic rings. The van der Waals surface area contributed by atoms with Crippen molar-refractivity contribution in [3.05, 3.63) is 46.5 Å². The molecule has 2 saturated heterocycles. The van der Waals surface area contributed by atoms with Crippen LogP contribution in [0.15, 0.2) is 35.4 Å². The molecular weight excluding hydrogens is 399 g/mol. The molecule has 2 fully saturated rings. The number of halogens is 3. The lowest BCUT2D eigenvalue weighted by Gasteiger charge is -2.37. The summed E-state index contributed by atoms with van der Waals surface area (Å²) in [6, 6.07) is 5.04. The van der Waals surface area contributed by atoms with Crippen LogP contribution in [0.4, 0.5) is 24.9 Å². The number of ether oxygens (including phenoxy) is 1. The standard InChI is InChI=1S/C20H22F3N5O2/c1-19(20(21,22)23)12-27-17(29)8-16(26-10-15-7-14(26)11-30-15)25-18(27)28(19)6-4-13-3-2-5-24-9-13/h2-3,5,8-9,14-15H,4,6-7,10-12H2,1H3/t14-,15-,19?/m0/s1. The molecule has 0 spiro atoms. The second-order valence-corrected chi connectivity index (χ2v) is 8.37. The van der Waals surface area contributed by atoms with Gasteiger partial charge in [0.1, 0.15) is 5.82 Å². The molecule has 30 heavy (non-hydrogen) atoms. The van der Waals surface area contributed by atoms with Gasteiger partial charge in [-0.05, 0) is 31.4 Å². The summed E-state index contributed by atoms with van der Waals surface area (Å²) in [6.07, 6.45) is 0.0409. The zero-order chi connectivity index (χ0) is 21.1. The highest BCUT2D eigenvalue weighted by Crippen LogP contribution is 2.43. The topological polar surface area (TPSA) is 63.5 Å². The van der Waals surface area contributed by atoms with Crippen LogP contribution in [0.5, 0.6) is 0 Å². The zero-order valence-electron chi connectivity index (χ0n) is 16.5. The van der Waals surface area contributed by atoms with E-state index < -0.39 is 23.8 Å². The van der Waals surface area contributed by atoms with E-state index >= 15 is 0 Å². The van der Waals surface area contributed by atoms with Gasteiger partial charge in [-0.2, -0.15) is 18.2 Å². The van der Waals surface area contributed by atoms with E-state index in [1.54, 1.807) is 18.5 Å². The molecule has 3 aliphatic rings. The highest BCUT2D eigenvalue weighted by atomic mass is 19.4. The number of anilines is 2. The van der Waals surface area contributed by atoms with E-state index in [9.17, 15) is 18.0 Å². The molecule has 5 heterocycles. The van der Waals surface area contributed by atoms with E-state index in [0.29, 0.717) is 25.4 Å². The van der Waals surface area contributed by atoms with Crippen LogP contribution in [-0.2, 0) is 17.7 Å². The summed E-state index contributed by atoms with van der Waals surface area (Å²) < 4.78 is 49.1. The van der Waals surface area contributed by atoms with Crippen molar-refractivity contribution in [3.63, 3.8) is 0 Å². The fourth-order valence-electron chi connectivity index (χ4n) is 4.65. The molecule has 0 amide bonds. The third-order valence-corrected chi connectivity index (χ3v) is 6.43. The average molecular weight is 421 g/mol. The predicted molar refractivity (Wildman–Crippen MR) is 104 cm³/mol. The number of fused-ring (bicyclic) bond motifs is 3. The van der Waals surface area contributed by atoms with Crippen LogP contribution in [0.3, 0.4) is 0 Å². The first-order chi connectivity index (χ1) is 14.3. The largest absolute Gasteiger partial charge is 0.413 e. The Bertz CT molecular complexity index is 1010. The van der Waals surface area contributed by atoms with Crippen LogP contribution < -0.4 is 15.4 Å². The number of alkyl halides is 3. The van der Waals surface area contributed by atoms with Gasteiger partial charge in [-0.3, -0.25) is 14.3 Å². The molecule has 2 aromatic heterocycles. The Balaban J connectivity index is 1.52. The van der Waals surface area contributed by atoms with Crippen molar-refractivity contribution in [2.24, 2.45) is 0 Å². The third kappa shape index (κ3) is 2.96. The van der Waals surface area contributed by atoms with Crippen molar-refractivity contribution in [3.8, 4) is 0 Å². The smallest absolute Gasteiger partial charge is 0.374 e. The summed E-state index contributed by atoms with van der Waals surface area (Å²) in [7, 11) is 0. The van der Waals surface area contributed by atoms with Gasteiger partial charge < -0.3 is 14.5 Å². The van der Waals surface area contributed by atoms with Crippen LogP contribution in [-0.4, -0.2) is 58.1 Å². The predicted octanol–water partition coefficient (Wildman–Crippen LogP) is 2.00. The third-order valence-electron chi connectivity index (χ3n) is 6.43. The lowest BCUT2D eigenvalue weighted by atomic mass is 10.00. The van der Waals surface area contributed by atoms with Gasteiger partial charge in [0.2, 0.25) is 5.95 Å². The molecule has 3 aliphatic heterocycles. The second kappa shape index (κ2) is 6.69. The molecule has 0 aromatic carbocycles. The van der Waals surface area contributed by atoms with E-state index in [2.05, 4.69) is 9.97 Å². The lowest BCUT2D eigenvalue weighted by Crippen LogP contribution is -2.56. The van der Waals surface area contributed by atoms with Gasteiger partial charge in [0.15, 0.2) is 5.54 Å². The van der Waals surface area contributed by atoms with Gasteiger partial charge in [-0.1, -0.05) is 6.07 Å².